The standard InChI is InChI=1S/C23H30N4OS/c1-2-3-9-22(28)25-23(29)24-20-10-12-21(13-11-20)27-16-14-26(15-17-27)18-19-7-5-4-6-8-19/h4-8,10-13H,2-3,9,14-18H2,1H3,(H2,24,25,28,29). The Kier molecular flexibility index (Phi) is 8.02. The van der Waals surface area contributed by atoms with Crippen LogP contribution in [0.3, 0.4) is 0 Å². The molecule has 0 aromatic heterocycles. The molecule has 1 heterocycles. The number of hydrogen-bond acceptors (Lipinski definition) is 4. The lowest BCUT2D eigenvalue weighted by Crippen LogP contribution is -2.45. The summed E-state index contributed by atoms with van der Waals surface area (Å²) < 4.78 is 0. The van der Waals surface area contributed by atoms with Crippen LogP contribution in [0.25, 0.3) is 0 Å². The van der Waals surface area contributed by atoms with Crippen molar-refractivity contribution in [1.29, 1.82) is 0 Å². The summed E-state index contributed by atoms with van der Waals surface area (Å²) in [5.74, 6) is -0.0330. The number of nitrogens with zero attached hydrogens (tertiary/aromatic N) is 2. The fourth-order valence-electron chi connectivity index (χ4n) is 3.45. The van der Waals surface area contributed by atoms with E-state index in [0.29, 0.717) is 11.5 Å². The van der Waals surface area contributed by atoms with Crippen molar-refractivity contribution in [3.05, 3.63) is 60.2 Å². The molecule has 2 N–H and O–H groups in total. The third-order valence-electron chi connectivity index (χ3n) is 5.12. The number of anilines is 2. The molecule has 2 aromatic rings. The van der Waals surface area contributed by atoms with Crippen LogP contribution in [-0.2, 0) is 11.3 Å². The van der Waals surface area contributed by atoms with Gasteiger partial charge in [0, 0.05) is 50.5 Å². The molecule has 1 amide bonds. The molecule has 1 fully saturated rings. The van der Waals surface area contributed by atoms with Gasteiger partial charge in [-0.1, -0.05) is 43.7 Å². The molecule has 0 spiro atoms. The van der Waals surface area contributed by atoms with E-state index in [1.807, 2.05) is 12.1 Å². The Labute approximate surface area is 179 Å². The van der Waals surface area contributed by atoms with Crippen LogP contribution in [0.2, 0.25) is 0 Å². The lowest BCUT2D eigenvalue weighted by Gasteiger charge is -2.36. The number of benzene rings is 2. The predicted molar refractivity (Wildman–Crippen MR) is 124 cm³/mol. The molecule has 0 bridgehead atoms. The minimum absolute atomic E-state index is 0.0330. The van der Waals surface area contributed by atoms with Gasteiger partial charge in [0.15, 0.2) is 5.11 Å². The van der Waals surface area contributed by atoms with Crippen molar-refractivity contribution < 1.29 is 4.79 Å². The summed E-state index contributed by atoms with van der Waals surface area (Å²) in [4.78, 5) is 16.7. The smallest absolute Gasteiger partial charge is 0.226 e. The van der Waals surface area contributed by atoms with Crippen LogP contribution in [0.1, 0.15) is 31.7 Å². The monoisotopic (exact) mass is 410 g/mol. The summed E-state index contributed by atoms with van der Waals surface area (Å²) in [5.41, 5.74) is 3.47. The Morgan fingerprint density at radius 1 is 1.00 bits per heavy atom. The van der Waals surface area contributed by atoms with Gasteiger partial charge >= 0.3 is 0 Å². The highest BCUT2D eigenvalue weighted by molar-refractivity contribution is 7.80. The van der Waals surface area contributed by atoms with Gasteiger partial charge in [0.05, 0.1) is 0 Å². The van der Waals surface area contributed by atoms with E-state index in [2.05, 4.69) is 69.8 Å². The van der Waals surface area contributed by atoms with Crippen molar-refractivity contribution >= 4 is 34.6 Å². The second kappa shape index (κ2) is 10.9. The van der Waals surface area contributed by atoms with Gasteiger partial charge in [-0.3, -0.25) is 9.69 Å². The van der Waals surface area contributed by atoms with Crippen LogP contribution in [0.15, 0.2) is 54.6 Å². The fourth-order valence-corrected chi connectivity index (χ4v) is 3.68. The van der Waals surface area contributed by atoms with Crippen molar-refractivity contribution in [2.75, 3.05) is 36.4 Å². The second-order valence-electron chi connectivity index (χ2n) is 7.40. The van der Waals surface area contributed by atoms with Gasteiger partial charge in [0.1, 0.15) is 0 Å². The molecule has 0 saturated carbocycles. The van der Waals surface area contributed by atoms with Crippen molar-refractivity contribution in [3.8, 4) is 0 Å². The summed E-state index contributed by atoms with van der Waals surface area (Å²) in [6, 6.07) is 18.9. The molecular formula is C23H30N4OS. The number of unbranched alkanes of at least 4 members (excludes halogenated alkanes) is 1. The highest BCUT2D eigenvalue weighted by atomic mass is 32.1. The molecule has 29 heavy (non-hydrogen) atoms. The normalized spacial score (nSPS) is 14.4. The largest absolute Gasteiger partial charge is 0.369 e. The van der Waals surface area contributed by atoms with Gasteiger partial charge in [-0.15, -0.1) is 0 Å². The zero-order chi connectivity index (χ0) is 20.5. The molecule has 0 radical (unpaired) electrons. The first kappa shape index (κ1) is 21.3. The number of amides is 1. The molecule has 1 aliphatic heterocycles. The second-order valence-corrected chi connectivity index (χ2v) is 7.81. The number of piperazine rings is 1. The fraction of sp³-hybridized carbons (Fsp3) is 0.391. The Bertz CT molecular complexity index is 786. The molecule has 1 aliphatic rings. The molecule has 5 nitrogen and oxygen atoms in total. The predicted octanol–water partition coefficient (Wildman–Crippen LogP) is 4.01. The molecule has 154 valence electrons. The highest BCUT2D eigenvalue weighted by Crippen LogP contribution is 2.20. The summed E-state index contributed by atoms with van der Waals surface area (Å²) in [7, 11) is 0. The Morgan fingerprint density at radius 3 is 2.34 bits per heavy atom. The van der Waals surface area contributed by atoms with E-state index in [4.69, 9.17) is 12.2 Å². The Hall–Kier alpha value is -2.44. The van der Waals surface area contributed by atoms with E-state index >= 15 is 0 Å². The molecule has 2 aromatic carbocycles. The maximum absolute atomic E-state index is 11.8. The van der Waals surface area contributed by atoms with Gasteiger partial charge in [0.25, 0.3) is 0 Å². The van der Waals surface area contributed by atoms with Crippen LogP contribution in [0.4, 0.5) is 11.4 Å². The van der Waals surface area contributed by atoms with Gasteiger partial charge in [-0.25, -0.2) is 0 Å². The van der Waals surface area contributed by atoms with E-state index in [0.717, 1.165) is 51.3 Å². The number of hydrogen-bond donors (Lipinski definition) is 2. The SMILES string of the molecule is CCCCC(=O)NC(=S)Nc1ccc(N2CCN(Cc3ccccc3)CC2)cc1. The third kappa shape index (κ3) is 6.84. The summed E-state index contributed by atoms with van der Waals surface area (Å²) in [6.07, 6.45) is 2.38. The number of carbonyl (C=O) groups excluding carboxylic acids is 1. The zero-order valence-corrected chi connectivity index (χ0v) is 17.9. The van der Waals surface area contributed by atoms with Gasteiger partial charge in [0.2, 0.25) is 5.91 Å². The van der Waals surface area contributed by atoms with Gasteiger partial charge < -0.3 is 15.5 Å². The van der Waals surface area contributed by atoms with E-state index < -0.39 is 0 Å². The molecule has 0 atom stereocenters. The summed E-state index contributed by atoms with van der Waals surface area (Å²) in [6.45, 7) is 7.23. The molecule has 3 rings (SSSR count). The maximum Gasteiger partial charge on any atom is 0.226 e. The summed E-state index contributed by atoms with van der Waals surface area (Å²) in [5, 5.41) is 6.17. The number of rotatable bonds is 7. The molecular weight excluding hydrogens is 380 g/mol. The number of carbonyl (C=O) groups is 1. The van der Waals surface area contributed by atoms with Crippen LogP contribution >= 0.6 is 12.2 Å². The molecule has 6 heteroatoms. The quantitative estimate of drug-likeness (QED) is 0.676. The van der Waals surface area contributed by atoms with Crippen molar-refractivity contribution in [2.24, 2.45) is 0 Å². The lowest BCUT2D eigenvalue weighted by molar-refractivity contribution is -0.119. The topological polar surface area (TPSA) is 47.6 Å². The number of thiocarbonyl (C=S) groups is 1. The van der Waals surface area contributed by atoms with Crippen LogP contribution in [0.5, 0.6) is 0 Å². The summed E-state index contributed by atoms with van der Waals surface area (Å²) >= 11 is 5.23. The zero-order valence-electron chi connectivity index (χ0n) is 17.1. The van der Waals surface area contributed by atoms with E-state index in [-0.39, 0.29) is 5.91 Å². The van der Waals surface area contributed by atoms with Crippen LogP contribution in [0, 0.1) is 0 Å². The first-order valence-electron chi connectivity index (χ1n) is 10.4. The number of nitrogens with one attached hydrogen (secondary N) is 2. The molecule has 0 aliphatic carbocycles. The lowest BCUT2D eigenvalue weighted by atomic mass is 10.2. The van der Waals surface area contributed by atoms with Gasteiger partial charge in [-0.05, 0) is 48.5 Å². The van der Waals surface area contributed by atoms with Crippen molar-refractivity contribution in [2.45, 2.75) is 32.7 Å². The third-order valence-corrected chi connectivity index (χ3v) is 5.33. The minimum atomic E-state index is -0.0330. The van der Waals surface area contributed by atoms with Crippen molar-refractivity contribution in [3.63, 3.8) is 0 Å². The van der Waals surface area contributed by atoms with E-state index in [1.165, 1.54) is 11.3 Å². The molecule has 1 saturated heterocycles. The average molecular weight is 411 g/mol. The van der Waals surface area contributed by atoms with E-state index in [9.17, 15) is 4.79 Å². The van der Waals surface area contributed by atoms with Crippen LogP contribution in [-0.4, -0.2) is 42.1 Å². The molecule has 0 unspecified atom stereocenters. The first-order chi connectivity index (χ1) is 14.1. The average Bonchev–Trinajstić information content (AvgIpc) is 2.74. The minimum Gasteiger partial charge on any atom is -0.369 e. The Morgan fingerprint density at radius 2 is 1.69 bits per heavy atom. The maximum atomic E-state index is 11.8. The first-order valence-corrected chi connectivity index (χ1v) is 10.8. The van der Waals surface area contributed by atoms with E-state index in [1.54, 1.807) is 0 Å². The van der Waals surface area contributed by atoms with Gasteiger partial charge in [-0.2, -0.15) is 0 Å². The van der Waals surface area contributed by atoms with Crippen molar-refractivity contribution in [1.82, 2.24) is 10.2 Å². The highest BCUT2D eigenvalue weighted by Gasteiger charge is 2.17. The Balaban J connectivity index is 1.44. The van der Waals surface area contributed by atoms with Crippen LogP contribution < -0.4 is 15.5 Å².